The van der Waals surface area contributed by atoms with Crippen LogP contribution in [0.5, 0.6) is 0 Å². The van der Waals surface area contributed by atoms with E-state index in [4.69, 9.17) is 0 Å². The molecule has 1 heterocycles. The Bertz CT molecular complexity index is 205. The van der Waals surface area contributed by atoms with Crippen LogP contribution in [0.1, 0.15) is 46.0 Å². The first-order chi connectivity index (χ1) is 7.89. The van der Waals surface area contributed by atoms with Crippen molar-refractivity contribution in [1.82, 2.24) is 4.90 Å². The summed E-state index contributed by atoms with van der Waals surface area (Å²) >= 11 is 0. The molecular weight excluding hydrogens is 227 g/mol. The number of nitrogens with zero attached hydrogens (tertiary/aromatic N) is 1. The van der Waals surface area contributed by atoms with Gasteiger partial charge < -0.3 is 4.90 Å². The Morgan fingerprint density at radius 3 is 2.18 bits per heavy atom. The molecule has 1 saturated heterocycles. The highest BCUT2D eigenvalue weighted by Crippen LogP contribution is 2.34. The van der Waals surface area contributed by atoms with Crippen molar-refractivity contribution in [2.75, 3.05) is 19.6 Å². The zero-order chi connectivity index (χ0) is 12.9. The summed E-state index contributed by atoms with van der Waals surface area (Å²) in [5.74, 6) is -0.333. The first-order valence-corrected chi connectivity index (χ1v) is 6.68. The van der Waals surface area contributed by atoms with Gasteiger partial charge in [0, 0.05) is 0 Å². The van der Waals surface area contributed by atoms with E-state index in [9.17, 15) is 13.2 Å². The van der Waals surface area contributed by atoms with E-state index >= 15 is 0 Å². The van der Waals surface area contributed by atoms with E-state index in [2.05, 4.69) is 18.7 Å². The number of likely N-dealkylation sites (tertiary alicyclic amines) is 1. The van der Waals surface area contributed by atoms with Gasteiger partial charge in [-0.3, -0.25) is 0 Å². The molecule has 4 heteroatoms. The first kappa shape index (κ1) is 14.8. The van der Waals surface area contributed by atoms with Crippen LogP contribution in [0.2, 0.25) is 0 Å². The second-order valence-corrected chi connectivity index (χ2v) is 5.55. The molecule has 0 saturated carbocycles. The number of alkyl halides is 3. The third-order valence-electron chi connectivity index (χ3n) is 3.56. The smallest absolute Gasteiger partial charge is 0.303 e. The van der Waals surface area contributed by atoms with Gasteiger partial charge in [0.2, 0.25) is 0 Å². The molecule has 0 spiro atoms. The van der Waals surface area contributed by atoms with Gasteiger partial charge in [0.25, 0.3) is 0 Å². The number of halogens is 3. The van der Waals surface area contributed by atoms with E-state index in [1.165, 1.54) is 12.8 Å². The van der Waals surface area contributed by atoms with Gasteiger partial charge in [-0.15, -0.1) is 0 Å². The highest BCUT2D eigenvalue weighted by molar-refractivity contribution is 4.76. The average Bonchev–Trinajstić information content (AvgIpc) is 2.23. The standard InChI is InChI=1S/C13H24F3N/c1-11(2)5-3-4-8-17-9-6-12(7-10-17)13(14,15)16/h11-12H,3-10H2,1-2H3. The van der Waals surface area contributed by atoms with Gasteiger partial charge in [0.05, 0.1) is 5.92 Å². The molecule has 0 aromatic carbocycles. The monoisotopic (exact) mass is 251 g/mol. The van der Waals surface area contributed by atoms with Crippen molar-refractivity contribution in [2.24, 2.45) is 11.8 Å². The van der Waals surface area contributed by atoms with Crippen molar-refractivity contribution in [3.05, 3.63) is 0 Å². The van der Waals surface area contributed by atoms with Crippen LogP contribution in [0.3, 0.4) is 0 Å². The first-order valence-electron chi connectivity index (χ1n) is 6.68. The SMILES string of the molecule is CC(C)CCCCN1CCC(C(F)(F)F)CC1. The van der Waals surface area contributed by atoms with Crippen LogP contribution in [0.4, 0.5) is 13.2 Å². The van der Waals surface area contributed by atoms with Crippen LogP contribution in [0.25, 0.3) is 0 Å². The number of piperidine rings is 1. The van der Waals surface area contributed by atoms with Crippen LogP contribution >= 0.6 is 0 Å². The van der Waals surface area contributed by atoms with Gasteiger partial charge in [0.15, 0.2) is 0 Å². The zero-order valence-corrected chi connectivity index (χ0v) is 10.9. The summed E-state index contributed by atoms with van der Waals surface area (Å²) in [6.07, 6.45) is 0.121. The van der Waals surface area contributed by atoms with Gasteiger partial charge in [-0.1, -0.05) is 26.7 Å². The normalized spacial score (nSPS) is 20.1. The molecule has 17 heavy (non-hydrogen) atoms. The average molecular weight is 251 g/mol. The fraction of sp³-hybridized carbons (Fsp3) is 1.00. The van der Waals surface area contributed by atoms with Crippen LogP contribution < -0.4 is 0 Å². The van der Waals surface area contributed by atoms with Gasteiger partial charge in [-0.25, -0.2) is 0 Å². The van der Waals surface area contributed by atoms with Crippen molar-refractivity contribution in [2.45, 2.75) is 52.1 Å². The molecule has 0 radical (unpaired) electrons. The number of unbranched alkanes of at least 4 members (excludes halogenated alkanes) is 1. The maximum atomic E-state index is 12.4. The molecule has 0 aromatic heterocycles. The van der Waals surface area contributed by atoms with E-state index in [1.54, 1.807) is 0 Å². The van der Waals surface area contributed by atoms with Crippen LogP contribution in [0.15, 0.2) is 0 Å². The van der Waals surface area contributed by atoms with Crippen molar-refractivity contribution >= 4 is 0 Å². The molecule has 0 aromatic rings. The maximum Gasteiger partial charge on any atom is 0.391 e. The molecule has 1 aliphatic heterocycles. The lowest BCUT2D eigenvalue weighted by atomic mass is 9.96. The lowest BCUT2D eigenvalue weighted by molar-refractivity contribution is -0.185. The predicted molar refractivity (Wildman–Crippen MR) is 63.9 cm³/mol. The third-order valence-corrected chi connectivity index (χ3v) is 3.56. The molecule has 0 amide bonds. The summed E-state index contributed by atoms with van der Waals surface area (Å²) in [5.41, 5.74) is 0. The van der Waals surface area contributed by atoms with Gasteiger partial charge in [0.1, 0.15) is 0 Å². The van der Waals surface area contributed by atoms with Crippen molar-refractivity contribution in [3.8, 4) is 0 Å². The summed E-state index contributed by atoms with van der Waals surface area (Å²) < 4.78 is 37.3. The Balaban J connectivity index is 2.11. The van der Waals surface area contributed by atoms with Crippen LogP contribution in [-0.2, 0) is 0 Å². The maximum absolute atomic E-state index is 12.4. The predicted octanol–water partition coefficient (Wildman–Crippen LogP) is 4.09. The van der Waals surface area contributed by atoms with E-state index in [1.807, 2.05) is 0 Å². The molecule has 1 aliphatic rings. The van der Waals surface area contributed by atoms with E-state index < -0.39 is 12.1 Å². The lowest BCUT2D eigenvalue weighted by Gasteiger charge is -2.32. The highest BCUT2D eigenvalue weighted by Gasteiger charge is 2.40. The van der Waals surface area contributed by atoms with E-state index in [-0.39, 0.29) is 12.8 Å². The fourth-order valence-corrected chi connectivity index (χ4v) is 2.37. The van der Waals surface area contributed by atoms with Crippen LogP contribution in [-0.4, -0.2) is 30.7 Å². The Morgan fingerprint density at radius 1 is 1.12 bits per heavy atom. The molecule has 1 fully saturated rings. The third kappa shape index (κ3) is 5.75. The number of rotatable bonds is 5. The minimum absolute atomic E-state index is 0.285. The molecule has 0 unspecified atom stereocenters. The zero-order valence-electron chi connectivity index (χ0n) is 10.9. The van der Waals surface area contributed by atoms with Crippen molar-refractivity contribution < 1.29 is 13.2 Å². The molecule has 102 valence electrons. The molecule has 0 N–H and O–H groups in total. The lowest BCUT2D eigenvalue weighted by Crippen LogP contribution is -2.39. The molecule has 1 nitrogen and oxygen atoms in total. The van der Waals surface area contributed by atoms with E-state index in [0.717, 1.165) is 18.9 Å². The topological polar surface area (TPSA) is 3.24 Å². The van der Waals surface area contributed by atoms with Gasteiger partial charge in [-0.2, -0.15) is 13.2 Å². The Labute approximate surface area is 102 Å². The van der Waals surface area contributed by atoms with Crippen molar-refractivity contribution in [1.29, 1.82) is 0 Å². The highest BCUT2D eigenvalue weighted by atomic mass is 19.4. The van der Waals surface area contributed by atoms with Gasteiger partial charge >= 0.3 is 6.18 Å². The fourth-order valence-electron chi connectivity index (χ4n) is 2.37. The van der Waals surface area contributed by atoms with Crippen molar-refractivity contribution in [3.63, 3.8) is 0 Å². The second-order valence-electron chi connectivity index (χ2n) is 5.55. The largest absolute Gasteiger partial charge is 0.391 e. The number of hydrogen-bond donors (Lipinski definition) is 0. The molecule has 0 aliphatic carbocycles. The molecule has 1 rings (SSSR count). The summed E-state index contributed by atoms with van der Waals surface area (Å²) in [6.45, 7) is 6.61. The summed E-state index contributed by atoms with van der Waals surface area (Å²) in [5, 5.41) is 0. The minimum atomic E-state index is -3.98. The second kappa shape index (κ2) is 6.62. The quantitative estimate of drug-likeness (QED) is 0.665. The summed E-state index contributed by atoms with van der Waals surface area (Å²) in [7, 11) is 0. The van der Waals surface area contributed by atoms with Crippen LogP contribution in [0, 0.1) is 11.8 Å². The summed E-state index contributed by atoms with van der Waals surface area (Å²) in [6, 6.07) is 0. The Hall–Kier alpha value is -0.250. The Morgan fingerprint density at radius 2 is 1.71 bits per heavy atom. The van der Waals surface area contributed by atoms with E-state index in [0.29, 0.717) is 13.1 Å². The minimum Gasteiger partial charge on any atom is -0.303 e. The number of hydrogen-bond acceptors (Lipinski definition) is 1. The molecular formula is C13H24F3N. The molecule has 0 atom stereocenters. The Kier molecular flexibility index (Phi) is 5.77. The van der Waals surface area contributed by atoms with Gasteiger partial charge in [-0.05, 0) is 44.8 Å². The molecule has 0 bridgehead atoms. The summed E-state index contributed by atoms with van der Waals surface area (Å²) in [4.78, 5) is 2.18.